The summed E-state index contributed by atoms with van der Waals surface area (Å²) in [5, 5.41) is 11.5. The number of nitrogens with one attached hydrogen (secondary N) is 1. The molecule has 2 rings (SSSR count). The second-order valence-electron chi connectivity index (χ2n) is 4.65. The summed E-state index contributed by atoms with van der Waals surface area (Å²) in [6, 6.07) is 1.01. The van der Waals surface area contributed by atoms with Crippen LogP contribution in [0.3, 0.4) is 0 Å². The molecule has 1 atom stereocenters. The maximum absolute atomic E-state index is 12.1. The lowest BCUT2D eigenvalue weighted by Crippen LogP contribution is -2.40. The first-order chi connectivity index (χ1) is 9.11. The molecular weight excluding hydrogens is 262 g/mol. The van der Waals surface area contributed by atoms with E-state index in [-0.39, 0.29) is 12.3 Å². The Balaban J connectivity index is 2.08. The van der Waals surface area contributed by atoms with Gasteiger partial charge in [0.25, 0.3) is 5.91 Å². The van der Waals surface area contributed by atoms with Gasteiger partial charge in [-0.1, -0.05) is 6.08 Å². The van der Waals surface area contributed by atoms with E-state index < -0.39 is 12.0 Å². The summed E-state index contributed by atoms with van der Waals surface area (Å²) in [6.45, 7) is 3.50. The fraction of sp³-hybridized carbons (Fsp3) is 0.429. The van der Waals surface area contributed by atoms with Crippen molar-refractivity contribution >= 4 is 23.2 Å². The first-order valence-corrected chi connectivity index (χ1v) is 7.19. The molecule has 0 bridgehead atoms. The van der Waals surface area contributed by atoms with Gasteiger partial charge in [0, 0.05) is 4.88 Å². The number of hydrogen-bond acceptors (Lipinski definition) is 3. The van der Waals surface area contributed by atoms with E-state index in [1.807, 2.05) is 6.07 Å². The summed E-state index contributed by atoms with van der Waals surface area (Å²) < 4.78 is 0. The number of thiophene rings is 1. The van der Waals surface area contributed by atoms with Gasteiger partial charge in [0.15, 0.2) is 0 Å². The lowest BCUT2D eigenvalue weighted by Gasteiger charge is -2.11. The highest BCUT2D eigenvalue weighted by Gasteiger charge is 2.22. The number of carboxylic acid groups (broad SMARTS) is 1. The van der Waals surface area contributed by atoms with E-state index in [9.17, 15) is 9.59 Å². The Kier molecular flexibility index (Phi) is 4.37. The average molecular weight is 279 g/mol. The van der Waals surface area contributed by atoms with Gasteiger partial charge in [-0.05, 0) is 43.7 Å². The second kappa shape index (κ2) is 6.02. The third kappa shape index (κ3) is 3.23. The van der Waals surface area contributed by atoms with Crippen molar-refractivity contribution in [3.8, 4) is 0 Å². The van der Waals surface area contributed by atoms with E-state index in [1.165, 1.54) is 40.7 Å². The van der Waals surface area contributed by atoms with Crippen molar-refractivity contribution in [3.63, 3.8) is 0 Å². The first kappa shape index (κ1) is 13.8. The highest BCUT2D eigenvalue weighted by molar-refractivity contribution is 7.14. The zero-order valence-corrected chi connectivity index (χ0v) is 11.5. The molecule has 1 aromatic rings. The molecule has 4 nitrogen and oxygen atoms in total. The van der Waals surface area contributed by atoms with E-state index in [4.69, 9.17) is 5.11 Å². The van der Waals surface area contributed by atoms with Crippen LogP contribution in [-0.2, 0) is 17.6 Å². The minimum atomic E-state index is -1.03. The van der Waals surface area contributed by atoms with Crippen LogP contribution < -0.4 is 5.32 Å². The monoisotopic (exact) mass is 279 g/mol. The normalized spacial score (nSPS) is 15.4. The van der Waals surface area contributed by atoms with Gasteiger partial charge in [-0.3, -0.25) is 4.79 Å². The van der Waals surface area contributed by atoms with Crippen molar-refractivity contribution in [1.82, 2.24) is 5.32 Å². The number of rotatable bonds is 5. The van der Waals surface area contributed by atoms with E-state index in [1.54, 1.807) is 0 Å². The third-order valence-corrected chi connectivity index (χ3v) is 4.46. The molecule has 5 heteroatoms. The fourth-order valence-electron chi connectivity index (χ4n) is 2.22. The predicted octanol–water partition coefficient (Wildman–Crippen LogP) is 2.39. The van der Waals surface area contributed by atoms with Gasteiger partial charge in [0.2, 0.25) is 0 Å². The molecular formula is C14H17NO3S. The number of carbonyl (C=O) groups is 2. The zero-order valence-electron chi connectivity index (χ0n) is 10.6. The molecule has 1 aliphatic rings. The molecule has 19 heavy (non-hydrogen) atoms. The maximum atomic E-state index is 12.1. The van der Waals surface area contributed by atoms with Gasteiger partial charge >= 0.3 is 5.97 Å². The first-order valence-electron chi connectivity index (χ1n) is 6.38. The predicted molar refractivity (Wildman–Crippen MR) is 74.7 cm³/mol. The molecule has 1 aliphatic carbocycles. The molecule has 1 aromatic heterocycles. The van der Waals surface area contributed by atoms with E-state index in [2.05, 4.69) is 11.9 Å². The van der Waals surface area contributed by atoms with E-state index >= 15 is 0 Å². The minimum Gasteiger partial charge on any atom is -0.480 e. The standard InChI is InChI=1S/C14H17NO3S/c1-2-5-10(14(17)18)15-13(16)12-8-9-6-3-4-7-11(9)19-12/h2,8,10H,1,3-7H2,(H,15,16)(H,17,18). The van der Waals surface area contributed by atoms with Crippen molar-refractivity contribution in [1.29, 1.82) is 0 Å². The van der Waals surface area contributed by atoms with Gasteiger partial charge in [0.05, 0.1) is 4.88 Å². The molecule has 0 fully saturated rings. The summed E-state index contributed by atoms with van der Waals surface area (Å²) in [7, 11) is 0. The van der Waals surface area contributed by atoms with Crippen LogP contribution in [0.25, 0.3) is 0 Å². The summed E-state index contributed by atoms with van der Waals surface area (Å²) in [6.07, 6.45) is 6.11. The number of carbonyl (C=O) groups excluding carboxylic acids is 1. The molecule has 2 N–H and O–H groups in total. The molecule has 0 aliphatic heterocycles. The van der Waals surface area contributed by atoms with Gasteiger partial charge < -0.3 is 10.4 Å². The summed E-state index contributed by atoms with van der Waals surface area (Å²) in [4.78, 5) is 24.9. The number of aryl methyl sites for hydroxylation is 2. The minimum absolute atomic E-state index is 0.228. The highest BCUT2D eigenvalue weighted by Crippen LogP contribution is 2.29. The van der Waals surface area contributed by atoms with Crippen LogP contribution in [0.1, 0.15) is 39.4 Å². The zero-order chi connectivity index (χ0) is 13.8. The van der Waals surface area contributed by atoms with Gasteiger partial charge in [-0.2, -0.15) is 0 Å². The second-order valence-corrected chi connectivity index (χ2v) is 5.79. The van der Waals surface area contributed by atoms with Crippen LogP contribution >= 0.6 is 11.3 Å². The molecule has 1 heterocycles. The van der Waals surface area contributed by atoms with E-state index in [0.29, 0.717) is 4.88 Å². The van der Waals surface area contributed by atoms with Crippen LogP contribution in [0, 0.1) is 0 Å². The Morgan fingerprint density at radius 1 is 1.47 bits per heavy atom. The molecule has 1 amide bonds. The lowest BCUT2D eigenvalue weighted by molar-refractivity contribution is -0.139. The van der Waals surface area contributed by atoms with Crippen LogP contribution in [-0.4, -0.2) is 23.0 Å². The molecule has 0 spiro atoms. The molecule has 1 unspecified atom stereocenters. The third-order valence-electron chi connectivity index (χ3n) is 3.23. The highest BCUT2D eigenvalue weighted by atomic mass is 32.1. The van der Waals surface area contributed by atoms with E-state index in [0.717, 1.165) is 12.8 Å². The SMILES string of the molecule is C=CCC(NC(=O)c1cc2c(s1)CCCC2)C(=O)O. The Hall–Kier alpha value is -1.62. The number of fused-ring (bicyclic) bond motifs is 1. The Bertz CT molecular complexity index is 483. The summed E-state index contributed by atoms with van der Waals surface area (Å²) in [5.41, 5.74) is 1.25. The van der Waals surface area contributed by atoms with Crippen molar-refractivity contribution in [3.05, 3.63) is 34.0 Å². The Morgan fingerprint density at radius 3 is 2.84 bits per heavy atom. The largest absolute Gasteiger partial charge is 0.480 e. The molecule has 0 radical (unpaired) electrons. The fourth-order valence-corrected chi connectivity index (χ4v) is 3.38. The topological polar surface area (TPSA) is 66.4 Å². The summed E-state index contributed by atoms with van der Waals surface area (Å²) >= 11 is 1.48. The van der Waals surface area contributed by atoms with Crippen LogP contribution in [0.2, 0.25) is 0 Å². The average Bonchev–Trinajstić information content (AvgIpc) is 2.81. The molecule has 0 saturated carbocycles. The van der Waals surface area contributed by atoms with Crippen LogP contribution in [0.4, 0.5) is 0 Å². The smallest absolute Gasteiger partial charge is 0.326 e. The molecule has 102 valence electrons. The molecule has 0 aromatic carbocycles. The lowest BCUT2D eigenvalue weighted by atomic mass is 9.99. The van der Waals surface area contributed by atoms with Crippen LogP contribution in [0.15, 0.2) is 18.7 Å². The number of aliphatic carboxylic acids is 1. The number of hydrogen-bond donors (Lipinski definition) is 2. The molecule has 0 saturated heterocycles. The van der Waals surface area contributed by atoms with Crippen molar-refractivity contribution in [2.75, 3.05) is 0 Å². The summed E-state index contributed by atoms with van der Waals surface area (Å²) in [5.74, 6) is -1.33. The van der Waals surface area contributed by atoms with Crippen molar-refractivity contribution < 1.29 is 14.7 Å². The Labute approximate surface area is 116 Å². The number of amides is 1. The van der Waals surface area contributed by atoms with Gasteiger partial charge in [0.1, 0.15) is 6.04 Å². The van der Waals surface area contributed by atoms with Gasteiger partial charge in [-0.15, -0.1) is 17.9 Å². The quantitative estimate of drug-likeness (QED) is 0.813. The van der Waals surface area contributed by atoms with Gasteiger partial charge in [-0.25, -0.2) is 4.79 Å². The van der Waals surface area contributed by atoms with Crippen molar-refractivity contribution in [2.24, 2.45) is 0 Å². The number of carboxylic acids is 1. The van der Waals surface area contributed by atoms with Crippen molar-refractivity contribution in [2.45, 2.75) is 38.1 Å². The maximum Gasteiger partial charge on any atom is 0.326 e. The Morgan fingerprint density at radius 2 is 2.21 bits per heavy atom. The van der Waals surface area contributed by atoms with Crippen LogP contribution in [0.5, 0.6) is 0 Å².